The molecule has 0 saturated heterocycles. The van der Waals surface area contributed by atoms with Crippen molar-refractivity contribution in [2.45, 2.75) is 38.7 Å². The predicted octanol–water partition coefficient (Wildman–Crippen LogP) is 4.76. The number of carbonyl (C=O) groups is 2. The maximum atomic E-state index is 12.5. The van der Waals surface area contributed by atoms with Crippen molar-refractivity contribution >= 4 is 17.4 Å². The molecule has 0 spiro atoms. The van der Waals surface area contributed by atoms with Crippen LogP contribution in [-0.2, 0) is 24.2 Å². The Hall–Kier alpha value is -3.67. The second-order valence-corrected chi connectivity index (χ2v) is 7.82. The SMILES string of the molecule is COc1ccc(NC(=O)CCC(=O)c2ccc3c(c2)CCC3)cc1OCc1cccnc1. The molecule has 1 aliphatic rings. The van der Waals surface area contributed by atoms with Gasteiger partial charge in [-0.2, -0.15) is 0 Å². The molecule has 32 heavy (non-hydrogen) atoms. The summed E-state index contributed by atoms with van der Waals surface area (Å²) in [6.07, 6.45) is 6.98. The van der Waals surface area contributed by atoms with Crippen molar-refractivity contribution in [1.29, 1.82) is 0 Å². The average molecular weight is 431 g/mol. The van der Waals surface area contributed by atoms with E-state index >= 15 is 0 Å². The van der Waals surface area contributed by atoms with Crippen LogP contribution in [0, 0.1) is 0 Å². The van der Waals surface area contributed by atoms with Gasteiger partial charge in [-0.05, 0) is 54.7 Å². The molecule has 0 aliphatic heterocycles. The van der Waals surface area contributed by atoms with Crippen LogP contribution in [-0.4, -0.2) is 23.8 Å². The molecule has 1 aliphatic carbocycles. The lowest BCUT2D eigenvalue weighted by Gasteiger charge is -2.13. The van der Waals surface area contributed by atoms with Crippen molar-refractivity contribution in [2.75, 3.05) is 12.4 Å². The smallest absolute Gasteiger partial charge is 0.224 e. The number of Topliss-reactive ketones (excluding diaryl/α,β-unsaturated/α-hetero) is 1. The summed E-state index contributed by atoms with van der Waals surface area (Å²) in [5, 5.41) is 2.84. The first-order valence-corrected chi connectivity index (χ1v) is 10.8. The minimum Gasteiger partial charge on any atom is -0.493 e. The number of anilines is 1. The highest BCUT2D eigenvalue weighted by Crippen LogP contribution is 2.31. The van der Waals surface area contributed by atoms with Gasteiger partial charge in [0.2, 0.25) is 5.91 Å². The normalized spacial score (nSPS) is 12.2. The number of ether oxygens (including phenoxy) is 2. The molecule has 0 bridgehead atoms. The van der Waals surface area contributed by atoms with Crippen molar-refractivity contribution in [3.63, 3.8) is 0 Å². The molecular formula is C26H26N2O4. The van der Waals surface area contributed by atoms with Gasteiger partial charge in [-0.25, -0.2) is 0 Å². The maximum absolute atomic E-state index is 12.5. The number of benzene rings is 2. The van der Waals surface area contributed by atoms with Crippen molar-refractivity contribution in [2.24, 2.45) is 0 Å². The Kier molecular flexibility index (Phi) is 6.80. The summed E-state index contributed by atoms with van der Waals surface area (Å²) >= 11 is 0. The number of amides is 1. The Balaban J connectivity index is 1.33. The quantitative estimate of drug-likeness (QED) is 0.495. The van der Waals surface area contributed by atoms with Gasteiger partial charge in [-0.1, -0.05) is 18.2 Å². The molecule has 164 valence electrons. The van der Waals surface area contributed by atoms with E-state index in [4.69, 9.17) is 9.47 Å². The fourth-order valence-corrected chi connectivity index (χ4v) is 3.85. The Morgan fingerprint density at radius 2 is 1.88 bits per heavy atom. The van der Waals surface area contributed by atoms with E-state index in [-0.39, 0.29) is 24.5 Å². The van der Waals surface area contributed by atoms with Crippen LogP contribution in [0.25, 0.3) is 0 Å². The minimum atomic E-state index is -0.220. The van der Waals surface area contributed by atoms with E-state index in [9.17, 15) is 9.59 Å². The first kappa shape index (κ1) is 21.6. The van der Waals surface area contributed by atoms with Gasteiger partial charge in [0.15, 0.2) is 17.3 Å². The van der Waals surface area contributed by atoms with E-state index in [1.165, 1.54) is 11.1 Å². The average Bonchev–Trinajstić information content (AvgIpc) is 3.30. The molecule has 0 atom stereocenters. The van der Waals surface area contributed by atoms with Gasteiger partial charge in [0, 0.05) is 48.1 Å². The number of nitrogens with one attached hydrogen (secondary N) is 1. The summed E-state index contributed by atoms with van der Waals surface area (Å²) in [4.78, 5) is 29.0. The zero-order valence-corrected chi connectivity index (χ0v) is 18.1. The molecule has 1 heterocycles. The summed E-state index contributed by atoms with van der Waals surface area (Å²) in [7, 11) is 1.56. The Morgan fingerprint density at radius 1 is 1.00 bits per heavy atom. The third kappa shape index (κ3) is 5.32. The fourth-order valence-electron chi connectivity index (χ4n) is 3.85. The highest BCUT2D eigenvalue weighted by Gasteiger charge is 2.15. The number of methoxy groups -OCH3 is 1. The van der Waals surface area contributed by atoms with Crippen molar-refractivity contribution in [3.8, 4) is 11.5 Å². The summed E-state index contributed by atoms with van der Waals surface area (Å²) in [6.45, 7) is 0.330. The van der Waals surface area contributed by atoms with E-state index in [2.05, 4.69) is 10.3 Å². The van der Waals surface area contributed by atoms with Gasteiger partial charge in [-0.15, -0.1) is 0 Å². The Bertz CT molecular complexity index is 1110. The van der Waals surface area contributed by atoms with E-state index in [1.54, 1.807) is 37.7 Å². The number of aromatic nitrogens is 1. The van der Waals surface area contributed by atoms with Crippen LogP contribution >= 0.6 is 0 Å². The third-order valence-corrected chi connectivity index (χ3v) is 5.56. The van der Waals surface area contributed by atoms with Crippen LogP contribution in [0.15, 0.2) is 60.9 Å². The molecule has 1 N–H and O–H groups in total. The number of ketones is 1. The molecule has 0 saturated carbocycles. The zero-order valence-electron chi connectivity index (χ0n) is 18.1. The largest absolute Gasteiger partial charge is 0.493 e. The molecule has 4 rings (SSSR count). The number of rotatable bonds is 9. The molecule has 0 unspecified atom stereocenters. The number of nitrogens with zero attached hydrogens (tertiary/aromatic N) is 1. The number of hydrogen-bond acceptors (Lipinski definition) is 5. The summed E-state index contributed by atoms with van der Waals surface area (Å²) in [6, 6.07) is 14.9. The van der Waals surface area contributed by atoms with Gasteiger partial charge in [0.05, 0.1) is 7.11 Å². The maximum Gasteiger partial charge on any atom is 0.224 e. The van der Waals surface area contributed by atoms with Gasteiger partial charge < -0.3 is 14.8 Å². The molecule has 2 aromatic carbocycles. The van der Waals surface area contributed by atoms with E-state index in [0.717, 1.165) is 24.8 Å². The van der Waals surface area contributed by atoms with Gasteiger partial charge in [-0.3, -0.25) is 14.6 Å². The lowest BCUT2D eigenvalue weighted by molar-refractivity contribution is -0.116. The minimum absolute atomic E-state index is 0.00919. The zero-order chi connectivity index (χ0) is 22.3. The summed E-state index contributed by atoms with van der Waals surface area (Å²) in [5.41, 5.74) is 4.79. The van der Waals surface area contributed by atoms with E-state index in [1.807, 2.05) is 30.3 Å². The first-order valence-electron chi connectivity index (χ1n) is 10.8. The lowest BCUT2D eigenvalue weighted by Crippen LogP contribution is -2.14. The topological polar surface area (TPSA) is 77.5 Å². The number of fused-ring (bicyclic) bond motifs is 1. The number of carbonyl (C=O) groups excluding carboxylic acids is 2. The molecule has 0 radical (unpaired) electrons. The molecule has 3 aromatic rings. The monoisotopic (exact) mass is 430 g/mol. The second kappa shape index (κ2) is 10.1. The van der Waals surface area contributed by atoms with Crippen LogP contribution < -0.4 is 14.8 Å². The Morgan fingerprint density at radius 3 is 2.69 bits per heavy atom. The lowest BCUT2D eigenvalue weighted by atomic mass is 10.0. The predicted molar refractivity (Wildman–Crippen MR) is 122 cm³/mol. The van der Waals surface area contributed by atoms with Gasteiger partial charge in [0.1, 0.15) is 6.61 Å². The molecule has 6 heteroatoms. The third-order valence-electron chi connectivity index (χ3n) is 5.56. The highest BCUT2D eigenvalue weighted by atomic mass is 16.5. The number of pyridine rings is 1. The van der Waals surface area contributed by atoms with Crippen molar-refractivity contribution in [3.05, 3.63) is 83.2 Å². The van der Waals surface area contributed by atoms with E-state index < -0.39 is 0 Å². The molecule has 0 fully saturated rings. The van der Waals surface area contributed by atoms with Crippen LogP contribution in [0.5, 0.6) is 11.5 Å². The molecule has 1 aromatic heterocycles. The van der Waals surface area contributed by atoms with E-state index in [0.29, 0.717) is 29.4 Å². The standard InChI is InChI=1S/C26H26N2O4/c1-31-24-11-9-22(15-25(24)32-17-18-4-3-13-27-16-18)28-26(30)12-10-23(29)21-8-7-19-5-2-6-20(19)14-21/h3-4,7-9,11,13-16H,2,5-6,10,12,17H2,1H3,(H,28,30). The number of hydrogen-bond donors (Lipinski definition) is 1. The summed E-state index contributed by atoms with van der Waals surface area (Å²) in [5.74, 6) is 0.856. The molecule has 6 nitrogen and oxygen atoms in total. The van der Waals surface area contributed by atoms with Gasteiger partial charge >= 0.3 is 0 Å². The first-order chi connectivity index (χ1) is 15.6. The number of aryl methyl sites for hydroxylation is 2. The van der Waals surface area contributed by atoms with Gasteiger partial charge in [0.25, 0.3) is 0 Å². The van der Waals surface area contributed by atoms with Crippen molar-refractivity contribution in [1.82, 2.24) is 4.98 Å². The molecule has 1 amide bonds. The van der Waals surface area contributed by atoms with Crippen LogP contribution in [0.3, 0.4) is 0 Å². The van der Waals surface area contributed by atoms with Crippen molar-refractivity contribution < 1.29 is 19.1 Å². The Labute approximate surface area is 187 Å². The molecular weight excluding hydrogens is 404 g/mol. The fraction of sp³-hybridized carbons (Fsp3) is 0.269. The summed E-state index contributed by atoms with van der Waals surface area (Å²) < 4.78 is 11.2. The van der Waals surface area contributed by atoms with Crippen LogP contribution in [0.4, 0.5) is 5.69 Å². The van der Waals surface area contributed by atoms with Crippen LogP contribution in [0.2, 0.25) is 0 Å². The van der Waals surface area contributed by atoms with Crippen LogP contribution in [0.1, 0.15) is 46.3 Å². The second-order valence-electron chi connectivity index (χ2n) is 7.82. The highest BCUT2D eigenvalue weighted by molar-refractivity contribution is 6.00.